The smallest absolute Gasteiger partial charge is 0.251 e. The van der Waals surface area contributed by atoms with Gasteiger partial charge in [-0.3, -0.25) is 4.79 Å². The second-order valence-electron chi connectivity index (χ2n) is 7.34. The maximum atomic E-state index is 12.7. The Morgan fingerprint density at radius 2 is 1.93 bits per heavy atom. The van der Waals surface area contributed by atoms with Crippen LogP contribution in [0.5, 0.6) is 0 Å². The molecule has 1 saturated carbocycles. The van der Waals surface area contributed by atoms with Crippen LogP contribution in [0.15, 0.2) is 42.6 Å². The quantitative estimate of drug-likeness (QED) is 0.732. The monoisotopic (exact) mass is 360 g/mol. The lowest BCUT2D eigenvalue weighted by Gasteiger charge is -2.23. The maximum absolute atomic E-state index is 12.7. The van der Waals surface area contributed by atoms with E-state index in [1.807, 2.05) is 36.4 Å². The molecule has 4 rings (SSSR count). The van der Waals surface area contributed by atoms with E-state index in [0.29, 0.717) is 11.6 Å². The number of nitrogens with one attached hydrogen (secondary N) is 1. The topological polar surface area (TPSA) is 80.9 Å². The highest BCUT2D eigenvalue weighted by Crippen LogP contribution is 2.28. The van der Waals surface area contributed by atoms with Gasteiger partial charge in [0.2, 0.25) is 5.95 Å². The normalized spacial score (nSPS) is 15.0. The van der Waals surface area contributed by atoms with Crippen molar-refractivity contribution in [3.63, 3.8) is 0 Å². The molecule has 27 heavy (non-hydrogen) atoms. The number of fused-ring (bicyclic) bond motifs is 1. The molecule has 0 saturated heterocycles. The fourth-order valence-corrected chi connectivity index (χ4v) is 3.81. The van der Waals surface area contributed by atoms with Crippen LogP contribution < -0.4 is 11.1 Å². The van der Waals surface area contributed by atoms with Gasteiger partial charge in [-0.1, -0.05) is 31.4 Å². The van der Waals surface area contributed by atoms with Crippen molar-refractivity contribution >= 4 is 22.8 Å². The minimum absolute atomic E-state index is 0.0139. The first kappa shape index (κ1) is 17.5. The third-order valence-corrected chi connectivity index (χ3v) is 5.35. The lowest BCUT2D eigenvalue weighted by molar-refractivity contribution is 0.0928. The zero-order valence-corrected chi connectivity index (χ0v) is 15.5. The van der Waals surface area contributed by atoms with Crippen LogP contribution in [0.4, 0.5) is 5.95 Å². The summed E-state index contributed by atoms with van der Waals surface area (Å²) in [5.74, 6) is 0.285. The molecule has 138 valence electrons. The van der Waals surface area contributed by atoms with Crippen molar-refractivity contribution in [3.8, 4) is 11.1 Å². The number of hydrogen-bond donors (Lipinski definition) is 2. The van der Waals surface area contributed by atoms with E-state index in [4.69, 9.17) is 5.73 Å². The molecule has 1 amide bonds. The molecule has 3 N–H and O–H groups in total. The van der Waals surface area contributed by atoms with Gasteiger partial charge in [0.1, 0.15) is 0 Å². The fourth-order valence-electron chi connectivity index (χ4n) is 3.81. The number of nitrogens with zero attached hydrogens (tertiary/aromatic N) is 2. The first-order valence-electron chi connectivity index (χ1n) is 9.54. The van der Waals surface area contributed by atoms with Crippen LogP contribution in [0.25, 0.3) is 22.0 Å². The van der Waals surface area contributed by atoms with Crippen LogP contribution in [0.3, 0.4) is 0 Å². The Morgan fingerprint density at radius 1 is 1.11 bits per heavy atom. The summed E-state index contributed by atoms with van der Waals surface area (Å²) in [7, 11) is 0. The van der Waals surface area contributed by atoms with E-state index < -0.39 is 0 Å². The van der Waals surface area contributed by atoms with Crippen molar-refractivity contribution in [3.05, 3.63) is 53.7 Å². The number of amides is 1. The Hall–Kier alpha value is -2.95. The van der Waals surface area contributed by atoms with E-state index in [9.17, 15) is 4.79 Å². The molecule has 1 fully saturated rings. The van der Waals surface area contributed by atoms with Gasteiger partial charge >= 0.3 is 0 Å². The van der Waals surface area contributed by atoms with Gasteiger partial charge in [-0.15, -0.1) is 0 Å². The van der Waals surface area contributed by atoms with Crippen LogP contribution in [0.1, 0.15) is 48.0 Å². The second kappa shape index (κ2) is 7.35. The molecule has 3 aromatic rings. The number of anilines is 1. The minimum atomic E-state index is 0.0139. The molecule has 1 aromatic heterocycles. The number of hydrogen-bond acceptors (Lipinski definition) is 4. The number of aryl methyl sites for hydroxylation is 1. The van der Waals surface area contributed by atoms with Gasteiger partial charge in [0.25, 0.3) is 5.91 Å². The summed E-state index contributed by atoms with van der Waals surface area (Å²) < 4.78 is 0. The van der Waals surface area contributed by atoms with Gasteiger partial charge in [0, 0.05) is 23.2 Å². The highest BCUT2D eigenvalue weighted by atomic mass is 16.1. The zero-order chi connectivity index (χ0) is 18.8. The van der Waals surface area contributed by atoms with Gasteiger partial charge in [0.05, 0.1) is 5.52 Å². The molecule has 0 spiro atoms. The predicted octanol–water partition coefficient (Wildman–Crippen LogP) is 4.25. The Labute approximate surface area is 159 Å². The lowest BCUT2D eigenvalue weighted by Crippen LogP contribution is -2.36. The highest BCUT2D eigenvalue weighted by molar-refractivity contribution is 5.96. The van der Waals surface area contributed by atoms with Gasteiger partial charge in [-0.25, -0.2) is 9.97 Å². The summed E-state index contributed by atoms with van der Waals surface area (Å²) in [6.45, 7) is 2.06. The highest BCUT2D eigenvalue weighted by Gasteiger charge is 2.17. The second-order valence-corrected chi connectivity index (χ2v) is 7.34. The van der Waals surface area contributed by atoms with Crippen LogP contribution in [0.2, 0.25) is 0 Å². The third-order valence-electron chi connectivity index (χ3n) is 5.35. The average molecular weight is 360 g/mol. The molecule has 5 nitrogen and oxygen atoms in total. The van der Waals surface area contributed by atoms with Crippen molar-refractivity contribution in [1.29, 1.82) is 0 Å². The van der Waals surface area contributed by atoms with Crippen molar-refractivity contribution in [1.82, 2.24) is 15.3 Å². The molecule has 1 heterocycles. The zero-order valence-electron chi connectivity index (χ0n) is 15.5. The number of nitrogen functional groups attached to an aromatic ring is 1. The molecule has 0 unspecified atom stereocenters. The standard InChI is InChI=1S/C22H24N4O/c1-14-7-8-16(21(27)25-18-5-3-2-4-6-18)12-19(14)15-9-10-20-17(11-15)13-24-22(23)26-20/h7-13,18H,2-6H2,1H3,(H,25,27)(H2,23,24,26). The minimum Gasteiger partial charge on any atom is -0.368 e. The van der Waals surface area contributed by atoms with Gasteiger partial charge in [-0.05, 0) is 60.7 Å². The van der Waals surface area contributed by atoms with E-state index in [1.165, 1.54) is 19.3 Å². The van der Waals surface area contributed by atoms with E-state index in [2.05, 4.69) is 22.2 Å². The van der Waals surface area contributed by atoms with Gasteiger partial charge in [-0.2, -0.15) is 0 Å². The van der Waals surface area contributed by atoms with E-state index >= 15 is 0 Å². The molecule has 5 heteroatoms. The number of rotatable bonds is 3. The third kappa shape index (κ3) is 3.77. The largest absolute Gasteiger partial charge is 0.368 e. The molecule has 1 aliphatic carbocycles. The molecule has 0 aliphatic heterocycles. The van der Waals surface area contributed by atoms with Crippen molar-refractivity contribution in [2.45, 2.75) is 45.1 Å². The number of benzene rings is 2. The summed E-state index contributed by atoms with van der Waals surface area (Å²) in [4.78, 5) is 21.0. The fraction of sp³-hybridized carbons (Fsp3) is 0.318. The molecular weight excluding hydrogens is 336 g/mol. The molecule has 0 atom stereocenters. The van der Waals surface area contributed by atoms with Crippen molar-refractivity contribution in [2.75, 3.05) is 5.73 Å². The number of aromatic nitrogens is 2. The lowest BCUT2D eigenvalue weighted by atomic mass is 9.94. The summed E-state index contributed by atoms with van der Waals surface area (Å²) in [5, 5.41) is 4.13. The van der Waals surface area contributed by atoms with Crippen LogP contribution in [0, 0.1) is 6.92 Å². The van der Waals surface area contributed by atoms with Gasteiger partial charge < -0.3 is 11.1 Å². The van der Waals surface area contributed by atoms with Crippen molar-refractivity contribution < 1.29 is 4.79 Å². The Kier molecular flexibility index (Phi) is 4.75. The van der Waals surface area contributed by atoms with Crippen LogP contribution >= 0.6 is 0 Å². The molecule has 0 bridgehead atoms. The Morgan fingerprint density at radius 3 is 2.74 bits per heavy atom. The molecule has 1 aliphatic rings. The predicted molar refractivity (Wildman–Crippen MR) is 108 cm³/mol. The average Bonchev–Trinajstić information content (AvgIpc) is 2.68. The summed E-state index contributed by atoms with van der Waals surface area (Å²) in [5.41, 5.74) is 10.4. The van der Waals surface area contributed by atoms with E-state index in [1.54, 1.807) is 6.20 Å². The maximum Gasteiger partial charge on any atom is 0.251 e. The molecule has 2 aromatic carbocycles. The number of nitrogens with two attached hydrogens (primary N) is 1. The number of carbonyl (C=O) groups excluding carboxylic acids is 1. The SMILES string of the molecule is Cc1ccc(C(=O)NC2CCCCC2)cc1-c1ccc2nc(N)ncc2c1. The molecular formula is C22H24N4O. The van der Waals surface area contributed by atoms with E-state index in [-0.39, 0.29) is 11.9 Å². The molecule has 0 radical (unpaired) electrons. The first-order valence-corrected chi connectivity index (χ1v) is 9.54. The van der Waals surface area contributed by atoms with Gasteiger partial charge in [0.15, 0.2) is 0 Å². The summed E-state index contributed by atoms with van der Waals surface area (Å²) in [6.07, 6.45) is 7.58. The first-order chi connectivity index (χ1) is 13.1. The van der Waals surface area contributed by atoms with Crippen LogP contribution in [-0.2, 0) is 0 Å². The van der Waals surface area contributed by atoms with Crippen molar-refractivity contribution in [2.24, 2.45) is 0 Å². The Balaban J connectivity index is 1.64. The van der Waals surface area contributed by atoms with Crippen LogP contribution in [-0.4, -0.2) is 21.9 Å². The number of carbonyl (C=O) groups is 1. The Bertz CT molecular complexity index is 993. The summed E-state index contributed by atoms with van der Waals surface area (Å²) >= 11 is 0. The summed E-state index contributed by atoms with van der Waals surface area (Å²) in [6, 6.07) is 12.2. The van der Waals surface area contributed by atoms with E-state index in [0.717, 1.165) is 40.4 Å².